The Hall–Kier alpha value is -2.37. The van der Waals surface area contributed by atoms with E-state index in [4.69, 9.17) is 14.2 Å². The molecule has 0 saturated heterocycles. The first-order valence-corrected chi connectivity index (χ1v) is 34.0. The highest BCUT2D eigenvalue weighted by Gasteiger charge is 2.19. The number of ether oxygens (including phenoxy) is 3. The first-order valence-electron chi connectivity index (χ1n) is 34.0. The number of hydrogen-bond acceptors (Lipinski definition) is 6. The molecule has 6 heteroatoms. The normalized spacial score (nSPS) is 12.2. The molecule has 0 bridgehead atoms. The molecule has 0 saturated carbocycles. The summed E-state index contributed by atoms with van der Waals surface area (Å²) < 4.78 is 16.9. The predicted octanol–water partition coefficient (Wildman–Crippen LogP) is 23.2. The molecule has 0 spiro atoms. The summed E-state index contributed by atoms with van der Waals surface area (Å²) in [7, 11) is 0. The lowest BCUT2D eigenvalue weighted by molar-refractivity contribution is -0.167. The molecule has 0 aliphatic rings. The molecular formula is C70H130O6. The van der Waals surface area contributed by atoms with Crippen LogP contribution >= 0.6 is 0 Å². The molecule has 0 aromatic heterocycles. The van der Waals surface area contributed by atoms with Crippen LogP contribution in [0, 0.1) is 0 Å². The molecule has 0 aliphatic carbocycles. The van der Waals surface area contributed by atoms with E-state index in [1.165, 1.54) is 244 Å². The molecular weight excluding hydrogens is 937 g/mol. The van der Waals surface area contributed by atoms with Crippen LogP contribution in [0.5, 0.6) is 0 Å². The van der Waals surface area contributed by atoms with Crippen LogP contribution in [0.4, 0.5) is 0 Å². The van der Waals surface area contributed by atoms with Crippen molar-refractivity contribution in [3.05, 3.63) is 36.5 Å². The lowest BCUT2D eigenvalue weighted by Gasteiger charge is -2.18. The molecule has 446 valence electrons. The second kappa shape index (κ2) is 65.2. The average molecular weight is 1070 g/mol. The lowest BCUT2D eigenvalue weighted by Crippen LogP contribution is -2.30. The van der Waals surface area contributed by atoms with E-state index in [0.29, 0.717) is 19.3 Å². The topological polar surface area (TPSA) is 78.9 Å². The Labute approximate surface area is 474 Å². The molecule has 0 rings (SSSR count). The summed E-state index contributed by atoms with van der Waals surface area (Å²) in [4.78, 5) is 38.2. The molecule has 0 amide bonds. The van der Waals surface area contributed by atoms with E-state index in [2.05, 4.69) is 57.2 Å². The monoisotopic (exact) mass is 1070 g/mol. The van der Waals surface area contributed by atoms with Gasteiger partial charge in [0.15, 0.2) is 6.10 Å². The molecule has 1 unspecified atom stereocenters. The second-order valence-electron chi connectivity index (χ2n) is 23.1. The van der Waals surface area contributed by atoms with Crippen molar-refractivity contribution in [2.24, 2.45) is 0 Å². The summed E-state index contributed by atoms with van der Waals surface area (Å²) in [5.74, 6) is -0.880. The Bertz CT molecular complexity index is 1270. The molecule has 1 atom stereocenters. The van der Waals surface area contributed by atoms with Crippen LogP contribution in [-0.4, -0.2) is 37.2 Å². The van der Waals surface area contributed by atoms with Crippen LogP contribution in [0.3, 0.4) is 0 Å². The van der Waals surface area contributed by atoms with Crippen molar-refractivity contribution in [2.75, 3.05) is 13.2 Å². The fourth-order valence-corrected chi connectivity index (χ4v) is 10.2. The molecule has 0 heterocycles. The number of hydrogen-bond donors (Lipinski definition) is 0. The van der Waals surface area contributed by atoms with Crippen molar-refractivity contribution in [3.63, 3.8) is 0 Å². The van der Waals surface area contributed by atoms with Gasteiger partial charge in [-0.1, -0.05) is 320 Å². The van der Waals surface area contributed by atoms with Gasteiger partial charge in [-0.05, 0) is 70.6 Å². The highest BCUT2D eigenvalue weighted by molar-refractivity contribution is 5.71. The number of unbranched alkanes of at least 4 members (excludes halogenated alkanes) is 46. The van der Waals surface area contributed by atoms with Gasteiger partial charge in [-0.2, -0.15) is 0 Å². The quantitative estimate of drug-likeness (QED) is 0.0261. The largest absolute Gasteiger partial charge is 0.462 e. The molecule has 76 heavy (non-hydrogen) atoms. The molecule has 0 radical (unpaired) electrons. The fourth-order valence-electron chi connectivity index (χ4n) is 10.2. The van der Waals surface area contributed by atoms with Gasteiger partial charge < -0.3 is 14.2 Å². The van der Waals surface area contributed by atoms with Gasteiger partial charge in [0.1, 0.15) is 13.2 Å². The van der Waals surface area contributed by atoms with Gasteiger partial charge in [-0.25, -0.2) is 0 Å². The van der Waals surface area contributed by atoms with E-state index in [-0.39, 0.29) is 31.1 Å². The fraction of sp³-hybridized carbons (Fsp3) is 0.871. The maximum absolute atomic E-state index is 12.9. The number of esters is 3. The SMILES string of the molecule is CCCC/C=C\CCCCCCCC(=O)OCC(COC(=O)CCCCCCCCCCCCCCCCCCCCCCCCCCCCCCCCC)OC(=O)CCCCCCC/C=C\C/C=C\CCCCCC. The van der Waals surface area contributed by atoms with Crippen LogP contribution in [0.15, 0.2) is 36.5 Å². The van der Waals surface area contributed by atoms with E-state index >= 15 is 0 Å². The van der Waals surface area contributed by atoms with Crippen LogP contribution < -0.4 is 0 Å². The summed E-state index contributed by atoms with van der Waals surface area (Å²) in [5, 5.41) is 0. The summed E-state index contributed by atoms with van der Waals surface area (Å²) in [6.07, 6.45) is 80.5. The zero-order valence-corrected chi connectivity index (χ0v) is 51.3. The Kier molecular flexibility index (Phi) is 63.1. The summed E-state index contributed by atoms with van der Waals surface area (Å²) in [6.45, 7) is 6.62. The van der Waals surface area contributed by atoms with Crippen molar-refractivity contribution >= 4 is 17.9 Å². The molecule has 6 nitrogen and oxygen atoms in total. The van der Waals surface area contributed by atoms with Crippen LogP contribution in [0.25, 0.3) is 0 Å². The number of rotatable bonds is 63. The van der Waals surface area contributed by atoms with Crippen molar-refractivity contribution in [2.45, 2.75) is 380 Å². The van der Waals surface area contributed by atoms with Crippen LogP contribution in [0.1, 0.15) is 374 Å². The third kappa shape index (κ3) is 62.5. The zero-order chi connectivity index (χ0) is 55.0. The Morgan fingerprint density at radius 3 is 0.789 bits per heavy atom. The molecule has 0 aromatic rings. The van der Waals surface area contributed by atoms with Crippen molar-refractivity contribution in [3.8, 4) is 0 Å². The highest BCUT2D eigenvalue weighted by atomic mass is 16.6. The maximum Gasteiger partial charge on any atom is 0.306 e. The van der Waals surface area contributed by atoms with E-state index in [0.717, 1.165) is 89.9 Å². The predicted molar refractivity (Wildman–Crippen MR) is 330 cm³/mol. The lowest BCUT2D eigenvalue weighted by atomic mass is 10.0. The van der Waals surface area contributed by atoms with Gasteiger partial charge in [0.25, 0.3) is 0 Å². The number of carbonyl (C=O) groups is 3. The third-order valence-corrected chi connectivity index (χ3v) is 15.4. The minimum absolute atomic E-state index is 0.0768. The Balaban J connectivity index is 4.09. The van der Waals surface area contributed by atoms with Gasteiger partial charge in [-0.15, -0.1) is 0 Å². The first kappa shape index (κ1) is 73.6. The van der Waals surface area contributed by atoms with E-state index in [1.54, 1.807) is 0 Å². The summed E-state index contributed by atoms with van der Waals surface area (Å²) >= 11 is 0. The maximum atomic E-state index is 12.9. The van der Waals surface area contributed by atoms with Gasteiger partial charge in [-0.3, -0.25) is 14.4 Å². The van der Waals surface area contributed by atoms with Gasteiger partial charge in [0.05, 0.1) is 0 Å². The standard InChI is InChI=1S/C70H130O6/c1-4-7-10-13-16-19-22-24-26-28-29-30-31-32-33-34-35-36-37-38-39-40-41-42-44-45-48-51-54-57-60-63-69(72)75-66-67(65-74-68(71)62-59-56-53-50-47-21-18-15-12-9-6-3)76-70(73)64-61-58-55-52-49-46-43-27-25-23-20-17-14-11-8-5-2/h15,18,20,23,27,43,67H,4-14,16-17,19,21-22,24-26,28-42,44-66H2,1-3H3/b18-15-,23-20-,43-27-. The zero-order valence-electron chi connectivity index (χ0n) is 51.3. The minimum atomic E-state index is -0.781. The second-order valence-corrected chi connectivity index (χ2v) is 23.1. The van der Waals surface area contributed by atoms with Crippen LogP contribution in [-0.2, 0) is 28.6 Å². The number of carbonyl (C=O) groups excluding carboxylic acids is 3. The van der Waals surface area contributed by atoms with Crippen LogP contribution in [0.2, 0.25) is 0 Å². The Morgan fingerprint density at radius 2 is 0.487 bits per heavy atom. The summed E-state index contributed by atoms with van der Waals surface area (Å²) in [6, 6.07) is 0. The van der Waals surface area contributed by atoms with E-state index in [9.17, 15) is 14.4 Å². The van der Waals surface area contributed by atoms with Gasteiger partial charge >= 0.3 is 17.9 Å². The summed E-state index contributed by atoms with van der Waals surface area (Å²) in [5.41, 5.74) is 0. The average Bonchev–Trinajstić information content (AvgIpc) is 3.42. The van der Waals surface area contributed by atoms with Crippen molar-refractivity contribution < 1.29 is 28.6 Å². The van der Waals surface area contributed by atoms with E-state index < -0.39 is 6.10 Å². The molecule has 0 aromatic carbocycles. The first-order chi connectivity index (χ1) is 37.5. The van der Waals surface area contributed by atoms with Gasteiger partial charge in [0, 0.05) is 19.3 Å². The molecule has 0 aliphatic heterocycles. The Morgan fingerprint density at radius 1 is 0.263 bits per heavy atom. The smallest absolute Gasteiger partial charge is 0.306 e. The molecule has 0 fully saturated rings. The van der Waals surface area contributed by atoms with Gasteiger partial charge in [0.2, 0.25) is 0 Å². The minimum Gasteiger partial charge on any atom is -0.462 e. The highest BCUT2D eigenvalue weighted by Crippen LogP contribution is 2.18. The van der Waals surface area contributed by atoms with Crippen molar-refractivity contribution in [1.82, 2.24) is 0 Å². The molecule has 0 N–H and O–H groups in total. The van der Waals surface area contributed by atoms with Crippen molar-refractivity contribution in [1.29, 1.82) is 0 Å². The third-order valence-electron chi connectivity index (χ3n) is 15.4. The number of allylic oxidation sites excluding steroid dienone is 6. The van der Waals surface area contributed by atoms with E-state index in [1.807, 2.05) is 0 Å².